The van der Waals surface area contributed by atoms with Gasteiger partial charge < -0.3 is 19.7 Å². The lowest BCUT2D eigenvalue weighted by Gasteiger charge is -2.31. The number of benzene rings is 1. The molecule has 4 rings (SSSR count). The first kappa shape index (κ1) is 21.1. The van der Waals surface area contributed by atoms with Gasteiger partial charge in [0, 0.05) is 19.0 Å². The Balaban J connectivity index is 1.18. The molecule has 1 amide bonds. The van der Waals surface area contributed by atoms with Gasteiger partial charge in [-0.1, -0.05) is 6.07 Å². The number of anilines is 1. The highest BCUT2D eigenvalue weighted by atomic mass is 32.1. The summed E-state index contributed by atoms with van der Waals surface area (Å²) in [7, 11) is 1.63. The van der Waals surface area contributed by atoms with E-state index in [0.717, 1.165) is 53.8 Å². The Hall–Kier alpha value is -3.13. The Bertz CT molecular complexity index is 954. The lowest BCUT2D eigenvalue weighted by molar-refractivity contribution is -0.125. The third-order valence-corrected chi connectivity index (χ3v) is 6.24. The van der Waals surface area contributed by atoms with Gasteiger partial charge in [-0.25, -0.2) is 0 Å². The lowest BCUT2D eigenvalue weighted by Crippen LogP contribution is -2.41. The van der Waals surface area contributed by atoms with Crippen LogP contribution in [0.3, 0.4) is 0 Å². The van der Waals surface area contributed by atoms with E-state index < -0.39 is 0 Å². The van der Waals surface area contributed by atoms with Crippen LogP contribution >= 0.6 is 11.3 Å². The van der Waals surface area contributed by atoms with E-state index in [4.69, 9.17) is 9.47 Å². The van der Waals surface area contributed by atoms with E-state index in [1.165, 1.54) is 0 Å². The summed E-state index contributed by atoms with van der Waals surface area (Å²) in [6.07, 6.45) is 1.61. The molecular weight excluding hydrogens is 412 g/mol. The molecule has 1 fully saturated rings. The maximum Gasteiger partial charge on any atom is 0.223 e. The van der Waals surface area contributed by atoms with E-state index in [1.807, 2.05) is 53.9 Å². The summed E-state index contributed by atoms with van der Waals surface area (Å²) in [6.45, 7) is 2.52. The smallest absolute Gasteiger partial charge is 0.223 e. The second-order valence-corrected chi connectivity index (χ2v) is 8.28. The Morgan fingerprint density at radius 1 is 1.10 bits per heavy atom. The lowest BCUT2D eigenvalue weighted by atomic mass is 9.96. The molecule has 1 N–H and O–H groups in total. The van der Waals surface area contributed by atoms with Gasteiger partial charge in [0.05, 0.1) is 18.5 Å². The van der Waals surface area contributed by atoms with Crippen LogP contribution in [0, 0.1) is 5.92 Å². The molecule has 162 valence electrons. The fourth-order valence-corrected chi connectivity index (χ4v) is 4.27. The normalized spacial score (nSPS) is 14.3. The van der Waals surface area contributed by atoms with Crippen molar-refractivity contribution in [2.45, 2.75) is 12.8 Å². The van der Waals surface area contributed by atoms with Gasteiger partial charge in [-0.3, -0.25) is 4.79 Å². The molecule has 0 aliphatic carbocycles. The number of aromatic nitrogens is 2. The molecule has 0 atom stereocenters. The molecule has 1 aliphatic heterocycles. The summed E-state index contributed by atoms with van der Waals surface area (Å²) in [4.78, 5) is 15.8. The van der Waals surface area contributed by atoms with Crippen LogP contribution < -0.4 is 19.7 Å². The zero-order valence-electron chi connectivity index (χ0n) is 17.5. The van der Waals surface area contributed by atoms with Crippen LogP contribution in [-0.4, -0.2) is 49.5 Å². The van der Waals surface area contributed by atoms with Gasteiger partial charge in [-0.2, -0.15) is 0 Å². The van der Waals surface area contributed by atoms with Crippen LogP contribution in [0.5, 0.6) is 11.5 Å². The van der Waals surface area contributed by atoms with Gasteiger partial charge in [0.2, 0.25) is 5.91 Å². The number of hydrogen-bond donors (Lipinski definition) is 1. The topological polar surface area (TPSA) is 76.6 Å². The molecular formula is C23H26N4O3S. The Morgan fingerprint density at radius 2 is 1.87 bits per heavy atom. The molecule has 1 aliphatic rings. The number of nitrogens with zero attached hydrogens (tertiary/aromatic N) is 3. The van der Waals surface area contributed by atoms with Crippen molar-refractivity contribution in [3.05, 3.63) is 53.9 Å². The van der Waals surface area contributed by atoms with Crippen LogP contribution in [0.2, 0.25) is 0 Å². The molecule has 0 radical (unpaired) electrons. The van der Waals surface area contributed by atoms with Crippen molar-refractivity contribution >= 4 is 23.1 Å². The van der Waals surface area contributed by atoms with E-state index in [-0.39, 0.29) is 11.8 Å². The maximum atomic E-state index is 12.5. The fourth-order valence-electron chi connectivity index (χ4n) is 3.58. The van der Waals surface area contributed by atoms with Crippen LogP contribution in [0.4, 0.5) is 5.82 Å². The molecule has 3 aromatic rings. The molecule has 31 heavy (non-hydrogen) atoms. The number of piperidine rings is 1. The standard InChI is InChI=1S/C23H26N4O3S/c1-29-18-4-6-19(7-5-18)30-15-12-24-23(28)17-10-13-27(14-11-17)22-9-8-20(25-26-22)21-3-2-16-31-21/h2-9,16-17H,10-15H2,1H3,(H,24,28). The molecule has 2 aromatic heterocycles. The number of methoxy groups -OCH3 is 1. The summed E-state index contributed by atoms with van der Waals surface area (Å²) in [5.74, 6) is 2.53. The third-order valence-electron chi connectivity index (χ3n) is 5.34. The van der Waals surface area contributed by atoms with Gasteiger partial charge in [0.25, 0.3) is 0 Å². The van der Waals surface area contributed by atoms with Gasteiger partial charge in [0.1, 0.15) is 23.8 Å². The van der Waals surface area contributed by atoms with Crippen LogP contribution in [0.15, 0.2) is 53.9 Å². The minimum absolute atomic E-state index is 0.0237. The van der Waals surface area contributed by atoms with Crippen molar-refractivity contribution < 1.29 is 14.3 Å². The summed E-state index contributed by atoms with van der Waals surface area (Å²) in [5, 5.41) is 13.8. The molecule has 0 unspecified atom stereocenters. The van der Waals surface area contributed by atoms with E-state index in [0.29, 0.717) is 13.2 Å². The molecule has 7 nitrogen and oxygen atoms in total. The van der Waals surface area contributed by atoms with Crippen molar-refractivity contribution in [2.24, 2.45) is 5.92 Å². The molecule has 8 heteroatoms. The van der Waals surface area contributed by atoms with Gasteiger partial charge in [0.15, 0.2) is 5.82 Å². The van der Waals surface area contributed by atoms with Gasteiger partial charge in [-0.15, -0.1) is 21.5 Å². The summed E-state index contributed by atoms with van der Waals surface area (Å²) < 4.78 is 10.8. The first-order valence-corrected chi connectivity index (χ1v) is 11.3. The second-order valence-electron chi connectivity index (χ2n) is 7.33. The first-order chi connectivity index (χ1) is 15.2. The minimum atomic E-state index is 0.0237. The molecule has 0 spiro atoms. The maximum absolute atomic E-state index is 12.5. The zero-order valence-corrected chi connectivity index (χ0v) is 18.3. The Morgan fingerprint density at radius 3 is 2.52 bits per heavy atom. The van der Waals surface area contributed by atoms with Gasteiger partial charge >= 0.3 is 0 Å². The zero-order chi connectivity index (χ0) is 21.5. The number of hydrogen-bond acceptors (Lipinski definition) is 7. The predicted molar refractivity (Wildman–Crippen MR) is 122 cm³/mol. The Labute approximate surface area is 186 Å². The number of thiophene rings is 1. The minimum Gasteiger partial charge on any atom is -0.497 e. The third kappa shape index (κ3) is 5.52. The van der Waals surface area contributed by atoms with E-state index in [1.54, 1.807) is 18.4 Å². The van der Waals surface area contributed by atoms with Crippen molar-refractivity contribution in [2.75, 3.05) is 38.3 Å². The molecule has 0 saturated carbocycles. The average Bonchev–Trinajstić information content (AvgIpc) is 3.37. The van der Waals surface area contributed by atoms with Crippen LogP contribution in [0.25, 0.3) is 10.6 Å². The highest BCUT2D eigenvalue weighted by Gasteiger charge is 2.25. The van der Waals surface area contributed by atoms with Gasteiger partial charge in [-0.05, 0) is 60.7 Å². The van der Waals surface area contributed by atoms with Crippen molar-refractivity contribution in [1.29, 1.82) is 0 Å². The molecule has 3 heterocycles. The highest BCUT2D eigenvalue weighted by Crippen LogP contribution is 2.25. The number of carbonyl (C=O) groups is 1. The van der Waals surface area contributed by atoms with Crippen molar-refractivity contribution in [1.82, 2.24) is 15.5 Å². The molecule has 0 bridgehead atoms. The quantitative estimate of drug-likeness (QED) is 0.542. The van der Waals surface area contributed by atoms with Crippen molar-refractivity contribution in [3.63, 3.8) is 0 Å². The number of ether oxygens (including phenoxy) is 2. The molecule has 1 saturated heterocycles. The largest absolute Gasteiger partial charge is 0.497 e. The predicted octanol–water partition coefficient (Wildman–Crippen LogP) is 3.63. The van der Waals surface area contributed by atoms with E-state index in [2.05, 4.69) is 20.4 Å². The van der Waals surface area contributed by atoms with E-state index in [9.17, 15) is 4.79 Å². The SMILES string of the molecule is COc1ccc(OCCNC(=O)C2CCN(c3ccc(-c4cccs4)nn3)CC2)cc1. The Kier molecular flexibility index (Phi) is 6.99. The van der Waals surface area contributed by atoms with Crippen LogP contribution in [-0.2, 0) is 4.79 Å². The number of nitrogens with one attached hydrogen (secondary N) is 1. The summed E-state index contributed by atoms with van der Waals surface area (Å²) in [6, 6.07) is 15.5. The van der Waals surface area contributed by atoms with E-state index >= 15 is 0 Å². The fraction of sp³-hybridized carbons (Fsp3) is 0.348. The number of rotatable bonds is 8. The average molecular weight is 439 g/mol. The second kappa shape index (κ2) is 10.3. The summed E-state index contributed by atoms with van der Waals surface area (Å²) >= 11 is 1.65. The van der Waals surface area contributed by atoms with Crippen molar-refractivity contribution in [3.8, 4) is 22.1 Å². The highest BCUT2D eigenvalue weighted by molar-refractivity contribution is 7.13. The first-order valence-electron chi connectivity index (χ1n) is 10.4. The molecule has 1 aromatic carbocycles. The number of amides is 1. The van der Waals surface area contributed by atoms with Crippen LogP contribution in [0.1, 0.15) is 12.8 Å². The monoisotopic (exact) mass is 438 g/mol. The summed E-state index contributed by atoms with van der Waals surface area (Å²) in [5.41, 5.74) is 0.893. The number of carbonyl (C=O) groups excluding carboxylic acids is 1.